The monoisotopic (exact) mass is 1110 g/mol. The Kier molecular flexibility index (Phi) is 15.1. The number of carboxylic acids is 1. The van der Waals surface area contributed by atoms with Crippen molar-refractivity contribution in [2.75, 3.05) is 34.9 Å². The number of amides is 2. The molecule has 0 fully saturated rings. The van der Waals surface area contributed by atoms with E-state index in [1.165, 1.54) is 46.1 Å². The summed E-state index contributed by atoms with van der Waals surface area (Å²) in [7, 11) is 4.59. The molecule has 0 spiro atoms. The molecule has 0 aliphatic carbocycles. The highest BCUT2D eigenvalue weighted by atomic mass is 19.1. The SMILES string of the molecule is CCNC(=O)C(c1c(C)n(C(=O)c2ccc(F)cc2)c2cc(F)c(OC)cc12)N(C)C(=O)C(c1c(C)n(C(=O)c2ccc(F)cc2)c2cc(F)c(OC)cc12)C(C(=O)O)c1c(C)n(C(=O)c2ccc(F)cc2)c2cc(F)c(OC)cc12. The number of ether oxygens (including phenoxy) is 3. The van der Waals surface area contributed by atoms with Crippen molar-refractivity contribution >= 4 is 68.2 Å². The summed E-state index contributed by atoms with van der Waals surface area (Å²) in [5.41, 5.74) is -1.99. The number of fused-ring (bicyclic) bond motifs is 3. The third-order valence-corrected chi connectivity index (χ3v) is 14.6. The number of carbonyl (C=O) groups is 6. The Morgan fingerprint density at radius 1 is 0.506 bits per heavy atom. The third-order valence-electron chi connectivity index (χ3n) is 14.6. The van der Waals surface area contributed by atoms with Crippen LogP contribution in [0, 0.1) is 55.7 Å². The minimum absolute atomic E-state index is 0.00585. The summed E-state index contributed by atoms with van der Waals surface area (Å²) in [6, 6.07) is 17.4. The molecule has 9 aromatic rings. The van der Waals surface area contributed by atoms with Gasteiger partial charge in [-0.15, -0.1) is 0 Å². The number of hydrogen-bond donors (Lipinski definition) is 2. The highest BCUT2D eigenvalue weighted by Gasteiger charge is 2.47. The summed E-state index contributed by atoms with van der Waals surface area (Å²) in [5, 5.41) is 14.4. The van der Waals surface area contributed by atoms with Gasteiger partial charge in [-0.05, 0) is 130 Å². The first-order chi connectivity index (χ1) is 38.6. The summed E-state index contributed by atoms with van der Waals surface area (Å²) in [4.78, 5) is 91.5. The van der Waals surface area contributed by atoms with Crippen LogP contribution in [0.15, 0.2) is 109 Å². The predicted octanol–water partition coefficient (Wildman–Crippen LogP) is 10.7. The van der Waals surface area contributed by atoms with Gasteiger partial charge in [-0.3, -0.25) is 42.5 Å². The Hall–Kier alpha value is -9.66. The van der Waals surface area contributed by atoms with Crippen LogP contribution in [0.5, 0.6) is 17.2 Å². The zero-order valence-corrected chi connectivity index (χ0v) is 44.5. The summed E-state index contributed by atoms with van der Waals surface area (Å²) >= 11 is 0. The van der Waals surface area contributed by atoms with Gasteiger partial charge in [0.05, 0.1) is 49.7 Å². The fourth-order valence-electron chi connectivity index (χ4n) is 10.9. The molecule has 0 aliphatic rings. The van der Waals surface area contributed by atoms with E-state index in [0.717, 1.165) is 131 Å². The zero-order valence-electron chi connectivity index (χ0n) is 44.5. The number of rotatable bonds is 15. The van der Waals surface area contributed by atoms with Gasteiger partial charge in [0.2, 0.25) is 11.8 Å². The Bertz CT molecular complexity index is 4080. The molecule has 21 heteroatoms. The van der Waals surface area contributed by atoms with Gasteiger partial charge in [-0.1, -0.05) is 0 Å². The van der Waals surface area contributed by atoms with Crippen LogP contribution in [0.4, 0.5) is 26.3 Å². The molecule has 81 heavy (non-hydrogen) atoms. The van der Waals surface area contributed by atoms with Crippen LogP contribution in [-0.2, 0) is 14.4 Å². The highest BCUT2D eigenvalue weighted by Crippen LogP contribution is 2.49. The summed E-state index contributed by atoms with van der Waals surface area (Å²) in [6.07, 6.45) is 0. The molecule has 3 unspecified atom stereocenters. The van der Waals surface area contributed by atoms with E-state index in [-0.39, 0.29) is 95.5 Å². The van der Waals surface area contributed by atoms with E-state index >= 15 is 22.8 Å². The Morgan fingerprint density at radius 2 is 0.815 bits per heavy atom. The van der Waals surface area contributed by atoms with Crippen LogP contribution in [-0.4, -0.2) is 94.1 Å². The lowest BCUT2D eigenvalue weighted by Crippen LogP contribution is -2.45. The van der Waals surface area contributed by atoms with E-state index in [2.05, 4.69) is 5.32 Å². The Balaban J connectivity index is 1.40. The van der Waals surface area contributed by atoms with Gasteiger partial charge in [-0.2, -0.15) is 0 Å². The van der Waals surface area contributed by atoms with Crippen molar-refractivity contribution in [1.29, 1.82) is 0 Å². The van der Waals surface area contributed by atoms with Gasteiger partial charge in [0.15, 0.2) is 34.7 Å². The van der Waals surface area contributed by atoms with Crippen LogP contribution in [0.2, 0.25) is 0 Å². The lowest BCUT2D eigenvalue weighted by molar-refractivity contribution is -0.146. The molecule has 3 atom stereocenters. The Morgan fingerprint density at radius 3 is 1.12 bits per heavy atom. The molecule has 9 rings (SSSR count). The van der Waals surface area contributed by atoms with Gasteiger partial charge in [0, 0.05) is 87.3 Å². The largest absolute Gasteiger partial charge is 0.494 e. The van der Waals surface area contributed by atoms with Crippen molar-refractivity contribution < 1.29 is 74.4 Å². The number of nitrogens with zero attached hydrogens (tertiary/aromatic N) is 4. The minimum atomic E-state index is -2.25. The second kappa shape index (κ2) is 21.9. The first-order valence-electron chi connectivity index (χ1n) is 24.9. The van der Waals surface area contributed by atoms with E-state index in [4.69, 9.17) is 14.2 Å². The maximum Gasteiger partial charge on any atom is 0.312 e. The Labute approximate surface area is 457 Å². The molecular weight excluding hydrogens is 1060 g/mol. The second-order valence-electron chi connectivity index (χ2n) is 19.0. The zero-order chi connectivity index (χ0) is 58.6. The van der Waals surface area contributed by atoms with E-state index in [9.17, 15) is 37.5 Å². The average Bonchev–Trinajstić information content (AvgIpc) is 3.94. The number of aliphatic carboxylic acids is 1. The number of carbonyl (C=O) groups excluding carboxylic acids is 5. The van der Waals surface area contributed by atoms with Gasteiger partial charge in [0.25, 0.3) is 17.7 Å². The topological polar surface area (TPSA) is 180 Å². The number of hydrogen-bond acceptors (Lipinski definition) is 9. The molecule has 15 nitrogen and oxygen atoms in total. The molecule has 0 saturated carbocycles. The molecule has 2 N–H and O–H groups in total. The first-order valence-corrected chi connectivity index (χ1v) is 24.9. The van der Waals surface area contributed by atoms with Crippen molar-refractivity contribution in [1.82, 2.24) is 23.9 Å². The number of methoxy groups -OCH3 is 3. The second-order valence-corrected chi connectivity index (χ2v) is 19.0. The molecule has 0 saturated heterocycles. The third kappa shape index (κ3) is 9.56. The van der Waals surface area contributed by atoms with Crippen molar-refractivity contribution in [3.8, 4) is 17.2 Å². The fraction of sp³-hybridized carbons (Fsp3) is 0.200. The molecule has 3 heterocycles. The van der Waals surface area contributed by atoms with Crippen LogP contribution in [0.1, 0.15) is 89.6 Å². The van der Waals surface area contributed by atoms with Gasteiger partial charge in [0.1, 0.15) is 23.5 Å². The maximum absolute atomic E-state index is 16.7. The quantitative estimate of drug-likeness (QED) is 0.0938. The molecule has 416 valence electrons. The van der Waals surface area contributed by atoms with Crippen LogP contribution < -0.4 is 19.5 Å². The van der Waals surface area contributed by atoms with Crippen molar-refractivity contribution in [3.05, 3.63) is 195 Å². The van der Waals surface area contributed by atoms with Crippen LogP contribution >= 0.6 is 0 Å². The summed E-state index contributed by atoms with van der Waals surface area (Å²) < 4.78 is 110. The number of halogens is 6. The highest BCUT2D eigenvalue weighted by molar-refractivity contribution is 6.11. The van der Waals surface area contributed by atoms with Crippen molar-refractivity contribution in [2.24, 2.45) is 0 Å². The number of carboxylic acid groups (broad SMARTS) is 1. The predicted molar refractivity (Wildman–Crippen MR) is 285 cm³/mol. The van der Waals surface area contributed by atoms with Gasteiger partial charge in [-0.25, -0.2) is 26.3 Å². The molecule has 0 aliphatic heterocycles. The standard InChI is InChI=1S/C60H49F6N5O10/c1-9-67-55(72)54(51-30(4)71(58(75)33-14-20-36(63)21-15-33)45-27-42(66)48(81-8)24-39(45)51)68(5)59(76)52(49-28(2)69(56(73)31-10-16-34(61)17-11-31)43-25-40(64)46(79-6)22-37(43)49)53(60(77)78)50-29(3)70(57(74)32-12-18-35(62)19-13-32)44-26-41(65)47(80-7)23-38(44)50/h10-27,52-54H,9H2,1-8H3,(H,67,72)(H,77,78). The first kappa shape index (κ1) is 56.1. The lowest BCUT2D eigenvalue weighted by Gasteiger charge is -2.34. The smallest absolute Gasteiger partial charge is 0.312 e. The van der Waals surface area contributed by atoms with Gasteiger partial charge < -0.3 is 29.5 Å². The number of likely N-dealkylation sites (N-methyl/N-ethyl adjacent to an activating group) is 2. The van der Waals surface area contributed by atoms with E-state index < -0.39 is 99.8 Å². The molecule has 6 aromatic carbocycles. The maximum atomic E-state index is 16.7. The van der Waals surface area contributed by atoms with Gasteiger partial charge >= 0.3 is 5.97 Å². The van der Waals surface area contributed by atoms with E-state index in [0.29, 0.717) is 0 Å². The van der Waals surface area contributed by atoms with E-state index in [1.807, 2.05) is 0 Å². The van der Waals surface area contributed by atoms with E-state index in [1.54, 1.807) is 6.92 Å². The van der Waals surface area contributed by atoms with Crippen molar-refractivity contribution in [2.45, 2.75) is 45.6 Å². The lowest BCUT2D eigenvalue weighted by atomic mass is 9.77. The number of nitrogens with one attached hydrogen (secondary N) is 1. The normalized spacial score (nSPS) is 12.6. The molecular formula is C60H49F6N5O10. The summed E-state index contributed by atoms with van der Waals surface area (Å²) in [5.74, 6) is -17.2. The molecule has 3 aromatic heterocycles. The fourth-order valence-corrected chi connectivity index (χ4v) is 10.9. The number of benzene rings is 6. The van der Waals surface area contributed by atoms with Crippen molar-refractivity contribution in [3.63, 3.8) is 0 Å². The summed E-state index contributed by atoms with van der Waals surface area (Å²) in [6.45, 7) is 5.58. The molecule has 0 bridgehead atoms. The van der Waals surface area contributed by atoms with Crippen LogP contribution in [0.3, 0.4) is 0 Å². The number of aromatic nitrogens is 3. The van der Waals surface area contributed by atoms with Crippen LogP contribution in [0.25, 0.3) is 32.7 Å². The molecule has 2 amide bonds. The minimum Gasteiger partial charge on any atom is -0.494 e. The average molecular weight is 1110 g/mol. The molecule has 0 radical (unpaired) electrons.